The minimum absolute atomic E-state index is 0.194. The molecule has 1 aromatic rings. The van der Waals surface area contributed by atoms with E-state index in [1.54, 1.807) is 27.7 Å². The van der Waals surface area contributed by atoms with E-state index in [-0.39, 0.29) is 11.0 Å². The van der Waals surface area contributed by atoms with Gasteiger partial charge in [0.2, 0.25) is 5.91 Å². The van der Waals surface area contributed by atoms with Crippen molar-refractivity contribution in [2.45, 2.75) is 45.1 Å². The predicted molar refractivity (Wildman–Crippen MR) is 75.7 cm³/mol. The molecule has 0 saturated carbocycles. The van der Waals surface area contributed by atoms with E-state index >= 15 is 0 Å². The number of hydrogen-bond donors (Lipinski definition) is 1. The van der Waals surface area contributed by atoms with Crippen molar-refractivity contribution in [1.82, 2.24) is 0 Å². The van der Waals surface area contributed by atoms with Gasteiger partial charge in [0.25, 0.3) is 0 Å². The van der Waals surface area contributed by atoms with Gasteiger partial charge < -0.3 is 15.0 Å². The summed E-state index contributed by atoms with van der Waals surface area (Å²) in [6, 6.07) is 2.78. The Labute approximate surface area is 126 Å². The van der Waals surface area contributed by atoms with Gasteiger partial charge in [-0.1, -0.05) is 12.1 Å². The van der Waals surface area contributed by atoms with Crippen LogP contribution in [0.5, 0.6) is 0 Å². The Hall–Kier alpha value is -1.54. The average molecular weight is 315 g/mol. The second-order valence-corrected chi connectivity index (χ2v) is 6.25. The minimum atomic E-state index is -4.56. The standard InChI is InChI=1S/C14H17BF3NO3/c1-12(2)13(3,4)22-15(21-12)10-6-5-8(14(16,17)18)7-9(10)11(19)20/h5-7H,1-4H3,(H2,19,20). The van der Waals surface area contributed by atoms with Gasteiger partial charge in [0.1, 0.15) is 0 Å². The molecule has 22 heavy (non-hydrogen) atoms. The molecule has 1 aliphatic heterocycles. The van der Waals surface area contributed by atoms with E-state index in [0.717, 1.165) is 12.1 Å². The molecule has 2 N–H and O–H groups in total. The van der Waals surface area contributed by atoms with Crippen molar-refractivity contribution in [3.63, 3.8) is 0 Å². The lowest BCUT2D eigenvalue weighted by molar-refractivity contribution is -0.137. The number of carbonyl (C=O) groups is 1. The third-order valence-electron chi connectivity index (χ3n) is 4.15. The Balaban J connectivity index is 2.47. The van der Waals surface area contributed by atoms with E-state index in [1.165, 1.54) is 6.07 Å². The van der Waals surface area contributed by atoms with Crippen molar-refractivity contribution in [1.29, 1.82) is 0 Å². The summed E-state index contributed by atoms with van der Waals surface area (Å²) in [5, 5.41) is 0. The first-order valence-corrected chi connectivity index (χ1v) is 6.72. The molecule has 8 heteroatoms. The Kier molecular flexibility index (Phi) is 3.82. The summed E-state index contributed by atoms with van der Waals surface area (Å²) >= 11 is 0. The molecule has 0 aromatic heterocycles. The molecule has 0 radical (unpaired) electrons. The van der Waals surface area contributed by atoms with Gasteiger partial charge in [0, 0.05) is 5.56 Å². The zero-order valence-electron chi connectivity index (χ0n) is 12.7. The molecule has 0 atom stereocenters. The molecule has 1 aliphatic rings. The molecule has 1 fully saturated rings. The highest BCUT2D eigenvalue weighted by atomic mass is 19.4. The zero-order valence-corrected chi connectivity index (χ0v) is 12.7. The summed E-state index contributed by atoms with van der Waals surface area (Å²) < 4.78 is 49.8. The van der Waals surface area contributed by atoms with E-state index in [1.807, 2.05) is 0 Å². The number of primary amides is 1. The highest BCUT2D eigenvalue weighted by Crippen LogP contribution is 2.37. The van der Waals surface area contributed by atoms with Crippen LogP contribution in [0.1, 0.15) is 43.6 Å². The average Bonchev–Trinajstić information content (AvgIpc) is 2.56. The van der Waals surface area contributed by atoms with Crippen molar-refractivity contribution in [3.8, 4) is 0 Å². The largest absolute Gasteiger partial charge is 0.495 e. The van der Waals surface area contributed by atoms with Gasteiger partial charge in [0.15, 0.2) is 0 Å². The van der Waals surface area contributed by atoms with Crippen LogP contribution in [0.15, 0.2) is 18.2 Å². The number of hydrogen-bond acceptors (Lipinski definition) is 3. The maximum absolute atomic E-state index is 12.8. The van der Waals surface area contributed by atoms with Crippen LogP contribution in [-0.2, 0) is 15.5 Å². The van der Waals surface area contributed by atoms with E-state index in [0.29, 0.717) is 0 Å². The Morgan fingerprint density at radius 2 is 1.64 bits per heavy atom. The molecule has 0 unspecified atom stereocenters. The second kappa shape index (κ2) is 4.99. The Morgan fingerprint density at radius 3 is 2.05 bits per heavy atom. The molecular formula is C14H17BF3NO3. The Morgan fingerprint density at radius 1 is 1.14 bits per heavy atom. The highest BCUT2D eigenvalue weighted by Gasteiger charge is 2.52. The van der Waals surface area contributed by atoms with Crippen LogP contribution in [0, 0.1) is 0 Å². The summed E-state index contributed by atoms with van der Waals surface area (Å²) in [6.07, 6.45) is -4.56. The van der Waals surface area contributed by atoms with E-state index < -0.39 is 36.0 Å². The van der Waals surface area contributed by atoms with Gasteiger partial charge >= 0.3 is 13.3 Å². The van der Waals surface area contributed by atoms with E-state index in [4.69, 9.17) is 15.0 Å². The number of alkyl halides is 3. The monoisotopic (exact) mass is 315 g/mol. The van der Waals surface area contributed by atoms with Gasteiger partial charge in [-0.2, -0.15) is 13.2 Å². The molecular weight excluding hydrogens is 298 g/mol. The van der Waals surface area contributed by atoms with Gasteiger partial charge in [-0.05, 0) is 39.2 Å². The Bertz CT molecular complexity index is 598. The molecule has 0 spiro atoms. The molecule has 0 bridgehead atoms. The lowest BCUT2D eigenvalue weighted by Crippen LogP contribution is -2.41. The van der Waals surface area contributed by atoms with Crippen LogP contribution in [-0.4, -0.2) is 24.2 Å². The van der Waals surface area contributed by atoms with Gasteiger partial charge in [0.05, 0.1) is 16.8 Å². The van der Waals surface area contributed by atoms with Crippen LogP contribution in [0.3, 0.4) is 0 Å². The fraction of sp³-hybridized carbons (Fsp3) is 0.500. The maximum Gasteiger partial charge on any atom is 0.495 e. The van der Waals surface area contributed by atoms with Gasteiger partial charge in [-0.25, -0.2) is 0 Å². The number of amides is 1. The van der Waals surface area contributed by atoms with Gasteiger partial charge in [-0.15, -0.1) is 0 Å². The van der Waals surface area contributed by atoms with E-state index in [9.17, 15) is 18.0 Å². The minimum Gasteiger partial charge on any atom is -0.399 e. The van der Waals surface area contributed by atoms with Crippen molar-refractivity contribution >= 4 is 18.5 Å². The molecule has 1 amide bonds. The fourth-order valence-electron chi connectivity index (χ4n) is 2.12. The lowest BCUT2D eigenvalue weighted by Gasteiger charge is -2.32. The van der Waals surface area contributed by atoms with Crippen molar-refractivity contribution in [3.05, 3.63) is 29.3 Å². The lowest BCUT2D eigenvalue weighted by atomic mass is 9.75. The van der Waals surface area contributed by atoms with Crippen LogP contribution >= 0.6 is 0 Å². The number of benzene rings is 1. The van der Waals surface area contributed by atoms with Crippen molar-refractivity contribution in [2.75, 3.05) is 0 Å². The van der Waals surface area contributed by atoms with Crippen LogP contribution in [0.25, 0.3) is 0 Å². The SMILES string of the molecule is CC1(C)OB(c2ccc(C(F)(F)F)cc2C(N)=O)OC1(C)C. The summed E-state index contributed by atoms with van der Waals surface area (Å²) in [7, 11) is -0.949. The maximum atomic E-state index is 12.8. The smallest absolute Gasteiger partial charge is 0.399 e. The highest BCUT2D eigenvalue weighted by molar-refractivity contribution is 6.63. The first-order chi connectivity index (χ1) is 9.85. The predicted octanol–water partition coefficient (Wildman–Crippen LogP) is 2.10. The van der Waals surface area contributed by atoms with E-state index in [2.05, 4.69) is 0 Å². The molecule has 1 aromatic carbocycles. The molecule has 1 heterocycles. The quantitative estimate of drug-likeness (QED) is 0.850. The molecule has 4 nitrogen and oxygen atoms in total. The van der Waals surface area contributed by atoms with Gasteiger partial charge in [-0.3, -0.25) is 4.79 Å². The number of rotatable bonds is 2. The number of carbonyl (C=O) groups excluding carboxylic acids is 1. The first-order valence-electron chi connectivity index (χ1n) is 6.72. The third-order valence-corrected chi connectivity index (χ3v) is 4.15. The number of halogens is 3. The molecule has 2 rings (SSSR count). The second-order valence-electron chi connectivity index (χ2n) is 6.25. The molecule has 1 saturated heterocycles. The van der Waals surface area contributed by atoms with Crippen LogP contribution < -0.4 is 11.2 Å². The van der Waals surface area contributed by atoms with Crippen molar-refractivity contribution in [2.24, 2.45) is 5.73 Å². The summed E-state index contributed by atoms with van der Waals surface area (Å²) in [6.45, 7) is 7.23. The number of nitrogens with two attached hydrogens (primary N) is 1. The zero-order chi connectivity index (χ0) is 16.9. The normalized spacial score (nSPS) is 20.2. The van der Waals surface area contributed by atoms with Crippen LogP contribution in [0.4, 0.5) is 13.2 Å². The molecule has 0 aliphatic carbocycles. The van der Waals surface area contributed by atoms with Crippen molar-refractivity contribution < 1.29 is 27.3 Å². The summed E-state index contributed by atoms with van der Waals surface area (Å²) in [5.74, 6) is -0.962. The van der Waals surface area contributed by atoms with Crippen LogP contribution in [0.2, 0.25) is 0 Å². The third kappa shape index (κ3) is 2.85. The summed E-state index contributed by atoms with van der Waals surface area (Å²) in [4.78, 5) is 11.5. The topological polar surface area (TPSA) is 61.5 Å². The first kappa shape index (κ1) is 16.8. The summed E-state index contributed by atoms with van der Waals surface area (Å²) in [5.41, 5.74) is 2.86. The fourth-order valence-corrected chi connectivity index (χ4v) is 2.12. The molecule has 120 valence electrons.